The van der Waals surface area contributed by atoms with Gasteiger partial charge in [-0.1, -0.05) is 17.7 Å². The number of nitrogens with one attached hydrogen (secondary N) is 2. The van der Waals surface area contributed by atoms with Crippen molar-refractivity contribution in [3.63, 3.8) is 0 Å². The van der Waals surface area contributed by atoms with Crippen LogP contribution in [0, 0.1) is 12.7 Å². The van der Waals surface area contributed by atoms with Gasteiger partial charge in [0.15, 0.2) is 5.11 Å². The monoisotopic (exact) mass is 442 g/mol. The zero-order valence-electron chi connectivity index (χ0n) is 15.8. The molecule has 0 atom stereocenters. The van der Waals surface area contributed by atoms with Crippen molar-refractivity contribution in [1.29, 1.82) is 0 Å². The summed E-state index contributed by atoms with van der Waals surface area (Å²) in [6.07, 6.45) is 3.38. The zero-order valence-corrected chi connectivity index (χ0v) is 17.4. The lowest BCUT2D eigenvalue weighted by Crippen LogP contribution is -2.18. The van der Waals surface area contributed by atoms with Crippen LogP contribution >= 0.6 is 23.8 Å². The van der Waals surface area contributed by atoms with E-state index in [1.807, 2.05) is 19.1 Å². The van der Waals surface area contributed by atoms with E-state index in [0.29, 0.717) is 33.6 Å². The number of thiocarbonyl (C=S) groups is 1. The Hall–Kier alpha value is -3.23. The molecule has 0 amide bonds. The average Bonchev–Trinajstić information content (AvgIpc) is 3.10. The van der Waals surface area contributed by atoms with E-state index in [1.54, 1.807) is 29.2 Å². The molecule has 4 aromatic rings. The summed E-state index contributed by atoms with van der Waals surface area (Å²) in [4.78, 5) is 11.6. The minimum atomic E-state index is -0.397. The zero-order chi connectivity index (χ0) is 21.3. The second-order valence-electron chi connectivity index (χ2n) is 6.70. The number of anilines is 2. The van der Waals surface area contributed by atoms with Gasteiger partial charge in [-0.25, -0.2) is 9.18 Å². The van der Waals surface area contributed by atoms with Crippen LogP contribution in [0.5, 0.6) is 0 Å². The first-order chi connectivity index (χ1) is 14.4. The van der Waals surface area contributed by atoms with Crippen LogP contribution in [0.4, 0.5) is 15.8 Å². The largest absolute Gasteiger partial charge is 0.423 e. The van der Waals surface area contributed by atoms with Gasteiger partial charge in [-0.3, -0.25) is 4.68 Å². The normalized spacial score (nSPS) is 10.9. The van der Waals surface area contributed by atoms with E-state index in [-0.39, 0.29) is 5.82 Å². The van der Waals surface area contributed by atoms with Gasteiger partial charge in [0.25, 0.3) is 0 Å². The first kappa shape index (κ1) is 20.1. The molecule has 0 radical (unpaired) electrons. The topological polar surface area (TPSA) is 72.1 Å². The van der Waals surface area contributed by atoms with Crippen molar-refractivity contribution in [3.05, 3.63) is 87.2 Å². The fourth-order valence-electron chi connectivity index (χ4n) is 3.04. The fraction of sp³-hybridized carbons (Fsp3) is 0.0952. The van der Waals surface area contributed by atoms with E-state index in [1.165, 1.54) is 18.2 Å². The van der Waals surface area contributed by atoms with Gasteiger partial charge >= 0.3 is 5.63 Å². The number of aromatic nitrogens is 2. The first-order valence-electron chi connectivity index (χ1n) is 8.96. The summed E-state index contributed by atoms with van der Waals surface area (Å²) in [5, 5.41) is 11.9. The predicted octanol–water partition coefficient (Wildman–Crippen LogP) is 4.95. The summed E-state index contributed by atoms with van der Waals surface area (Å²) in [5.74, 6) is -0.383. The molecule has 0 fully saturated rings. The molecule has 0 aliphatic carbocycles. The van der Waals surface area contributed by atoms with Gasteiger partial charge in [-0.15, -0.1) is 0 Å². The van der Waals surface area contributed by atoms with Crippen LogP contribution in [0.25, 0.3) is 11.0 Å². The van der Waals surface area contributed by atoms with Gasteiger partial charge in [0.2, 0.25) is 0 Å². The Balaban J connectivity index is 1.43. The van der Waals surface area contributed by atoms with Crippen molar-refractivity contribution in [2.45, 2.75) is 13.5 Å². The molecular weight excluding hydrogens is 427 g/mol. The molecule has 30 heavy (non-hydrogen) atoms. The number of benzene rings is 2. The number of hydrogen-bond acceptors (Lipinski definition) is 4. The molecule has 2 aromatic carbocycles. The quantitative estimate of drug-likeness (QED) is 0.344. The van der Waals surface area contributed by atoms with Gasteiger partial charge in [-0.2, -0.15) is 5.10 Å². The second kappa shape index (κ2) is 8.25. The number of nitrogens with zero attached hydrogens (tertiary/aromatic N) is 2. The Labute approximate surface area is 181 Å². The molecule has 152 valence electrons. The van der Waals surface area contributed by atoms with Crippen molar-refractivity contribution in [3.8, 4) is 0 Å². The third-order valence-corrected chi connectivity index (χ3v) is 5.00. The lowest BCUT2D eigenvalue weighted by Gasteiger charge is -2.10. The van der Waals surface area contributed by atoms with Gasteiger partial charge in [0, 0.05) is 34.4 Å². The Bertz CT molecular complexity index is 1320. The maximum atomic E-state index is 13.2. The standard InChI is InChI=1S/C21H16ClFN4O2S/c1-12-6-20(28)29-19-8-15(4-5-17(12)19)25-21(30)26-16-9-24-27(11-16)10-13-2-3-14(23)7-18(13)22/h2-9,11H,10H2,1H3,(H2,25,26,30). The number of hydrogen-bond donors (Lipinski definition) is 2. The molecule has 0 saturated carbocycles. The highest BCUT2D eigenvalue weighted by Crippen LogP contribution is 2.21. The van der Waals surface area contributed by atoms with Crippen molar-refractivity contribution in [2.24, 2.45) is 0 Å². The van der Waals surface area contributed by atoms with Crippen LogP contribution in [0.1, 0.15) is 11.1 Å². The molecular formula is C21H16ClFN4O2S. The highest BCUT2D eigenvalue weighted by Gasteiger charge is 2.08. The van der Waals surface area contributed by atoms with E-state index in [9.17, 15) is 9.18 Å². The van der Waals surface area contributed by atoms with Crippen LogP contribution in [0.15, 0.2) is 64.1 Å². The molecule has 0 aliphatic rings. The summed E-state index contributed by atoms with van der Waals surface area (Å²) in [7, 11) is 0. The van der Waals surface area contributed by atoms with Crippen LogP contribution in [0.3, 0.4) is 0 Å². The lowest BCUT2D eigenvalue weighted by molar-refractivity contribution is 0.560. The number of fused-ring (bicyclic) bond motifs is 1. The molecule has 9 heteroatoms. The first-order valence-corrected chi connectivity index (χ1v) is 9.75. The van der Waals surface area contributed by atoms with Gasteiger partial charge < -0.3 is 15.1 Å². The molecule has 2 aromatic heterocycles. The molecule has 2 heterocycles. The van der Waals surface area contributed by atoms with Crippen LogP contribution < -0.4 is 16.3 Å². The smallest absolute Gasteiger partial charge is 0.336 e. The molecule has 0 saturated heterocycles. The van der Waals surface area contributed by atoms with E-state index in [2.05, 4.69) is 15.7 Å². The van der Waals surface area contributed by atoms with Gasteiger partial charge in [-0.05, 0) is 54.5 Å². The summed E-state index contributed by atoms with van der Waals surface area (Å²) in [6.45, 7) is 2.25. The van der Waals surface area contributed by atoms with E-state index >= 15 is 0 Å². The minimum absolute atomic E-state index is 0.343. The van der Waals surface area contributed by atoms with Crippen LogP contribution in [-0.4, -0.2) is 14.9 Å². The Morgan fingerprint density at radius 1 is 1.20 bits per heavy atom. The van der Waals surface area contributed by atoms with Crippen molar-refractivity contribution >= 4 is 51.3 Å². The highest BCUT2D eigenvalue weighted by atomic mass is 35.5. The van der Waals surface area contributed by atoms with Crippen molar-refractivity contribution < 1.29 is 8.81 Å². The number of rotatable bonds is 4. The second-order valence-corrected chi connectivity index (χ2v) is 7.52. The Kier molecular flexibility index (Phi) is 5.52. The van der Waals surface area contributed by atoms with Gasteiger partial charge in [0.05, 0.1) is 18.4 Å². The summed E-state index contributed by atoms with van der Waals surface area (Å²) in [5.41, 5.74) is 3.04. The lowest BCUT2D eigenvalue weighted by atomic mass is 10.1. The molecule has 2 N–H and O–H groups in total. The maximum absolute atomic E-state index is 13.2. The van der Waals surface area contributed by atoms with E-state index in [0.717, 1.165) is 16.5 Å². The predicted molar refractivity (Wildman–Crippen MR) is 120 cm³/mol. The highest BCUT2D eigenvalue weighted by molar-refractivity contribution is 7.80. The Morgan fingerprint density at radius 2 is 2.00 bits per heavy atom. The van der Waals surface area contributed by atoms with E-state index < -0.39 is 5.63 Å². The van der Waals surface area contributed by atoms with Crippen LogP contribution in [0.2, 0.25) is 5.02 Å². The fourth-order valence-corrected chi connectivity index (χ4v) is 3.50. The number of aryl methyl sites for hydroxylation is 1. The maximum Gasteiger partial charge on any atom is 0.336 e. The summed E-state index contributed by atoms with van der Waals surface area (Å²) in [6, 6.07) is 11.1. The number of halogens is 2. The molecule has 4 rings (SSSR count). The van der Waals surface area contributed by atoms with E-state index in [4.69, 9.17) is 28.2 Å². The molecule has 0 unspecified atom stereocenters. The summed E-state index contributed by atoms with van der Waals surface area (Å²) < 4.78 is 20.1. The van der Waals surface area contributed by atoms with Gasteiger partial charge in [0.1, 0.15) is 11.4 Å². The SMILES string of the molecule is Cc1cc(=O)oc2cc(NC(=S)Nc3cnn(Cc4ccc(F)cc4Cl)c3)ccc12. The average molecular weight is 443 g/mol. The van der Waals surface area contributed by atoms with Crippen molar-refractivity contribution in [1.82, 2.24) is 9.78 Å². The Morgan fingerprint density at radius 3 is 2.80 bits per heavy atom. The minimum Gasteiger partial charge on any atom is -0.423 e. The summed E-state index contributed by atoms with van der Waals surface area (Å²) >= 11 is 11.4. The van der Waals surface area contributed by atoms with Crippen LogP contribution in [-0.2, 0) is 6.54 Å². The molecule has 0 spiro atoms. The molecule has 0 bridgehead atoms. The molecule has 0 aliphatic heterocycles. The third kappa shape index (κ3) is 4.50. The van der Waals surface area contributed by atoms with Crippen molar-refractivity contribution in [2.75, 3.05) is 10.6 Å². The third-order valence-electron chi connectivity index (χ3n) is 4.45. The molecule has 6 nitrogen and oxygen atoms in total.